The molecule has 8 aromatic rings. The van der Waals surface area contributed by atoms with Crippen molar-refractivity contribution in [2.24, 2.45) is 0 Å². The number of pyridine rings is 2. The molecule has 298 valence electrons. The fourth-order valence-electron chi connectivity index (χ4n) is 8.27. The highest BCUT2D eigenvalue weighted by atomic mass is 35.5. The van der Waals surface area contributed by atoms with E-state index in [1.165, 1.54) is 6.20 Å². The largest absolute Gasteiger partial charge is 0.506 e. The van der Waals surface area contributed by atoms with Crippen molar-refractivity contribution in [3.8, 4) is 73.0 Å². The SMILES string of the molecule is O=C(O)c1cc(Cl)c(C(=O)O)c(-c2c3cc(-c4ccc5ccccc5c4)c(=O)c(-c4ccccn4)c-3oc3c(-c4ccccn4)c(O)c(-c4ccc5ccccc5c4)cc23)c1Cl. The van der Waals surface area contributed by atoms with Gasteiger partial charge in [-0.05, 0) is 87.3 Å². The van der Waals surface area contributed by atoms with Gasteiger partial charge >= 0.3 is 11.9 Å². The van der Waals surface area contributed by atoms with E-state index in [9.17, 15) is 24.9 Å². The number of hydrogen-bond acceptors (Lipinski definition) is 7. The van der Waals surface area contributed by atoms with Crippen molar-refractivity contribution in [1.29, 1.82) is 0 Å². The van der Waals surface area contributed by atoms with Gasteiger partial charge < -0.3 is 19.7 Å². The number of carbonyl (C=O) groups is 2. The molecule has 0 radical (unpaired) electrons. The second-order valence-corrected chi connectivity index (χ2v) is 15.4. The number of hydrogen-bond donors (Lipinski definition) is 3. The van der Waals surface area contributed by atoms with Gasteiger partial charge in [0.2, 0.25) is 0 Å². The molecule has 6 aromatic carbocycles. The Bertz CT molecular complexity index is 3540. The first-order valence-electron chi connectivity index (χ1n) is 19.2. The Morgan fingerprint density at radius 3 is 1.68 bits per heavy atom. The van der Waals surface area contributed by atoms with Crippen molar-refractivity contribution in [1.82, 2.24) is 9.97 Å². The summed E-state index contributed by atoms with van der Waals surface area (Å²) >= 11 is 13.8. The number of phenols is 1. The third kappa shape index (κ3) is 6.22. The molecule has 0 saturated carbocycles. The molecule has 0 atom stereocenters. The molecule has 0 fully saturated rings. The fourth-order valence-corrected chi connectivity index (χ4v) is 8.88. The van der Waals surface area contributed by atoms with Crippen molar-refractivity contribution < 1.29 is 29.3 Å². The van der Waals surface area contributed by atoms with Crippen LogP contribution in [0.5, 0.6) is 5.75 Å². The molecule has 9 nitrogen and oxygen atoms in total. The lowest BCUT2D eigenvalue weighted by molar-refractivity contribution is 0.0682. The third-order valence-electron chi connectivity index (χ3n) is 11.1. The summed E-state index contributed by atoms with van der Waals surface area (Å²) in [4.78, 5) is 50.5. The van der Waals surface area contributed by atoms with E-state index in [0.717, 1.165) is 27.6 Å². The van der Waals surface area contributed by atoms with E-state index in [1.807, 2.05) is 84.9 Å². The molecule has 2 aliphatic rings. The van der Waals surface area contributed by atoms with Gasteiger partial charge in [0.05, 0.1) is 43.7 Å². The predicted molar refractivity (Wildman–Crippen MR) is 242 cm³/mol. The summed E-state index contributed by atoms with van der Waals surface area (Å²) in [5.41, 5.74) is 0.905. The van der Waals surface area contributed by atoms with Crippen molar-refractivity contribution in [2.45, 2.75) is 0 Å². The Labute approximate surface area is 361 Å². The zero-order valence-electron chi connectivity index (χ0n) is 32.1. The molecule has 0 amide bonds. The van der Waals surface area contributed by atoms with Gasteiger partial charge in [-0.15, -0.1) is 0 Å². The lowest BCUT2D eigenvalue weighted by Crippen LogP contribution is -2.13. The molecule has 1 aliphatic heterocycles. The minimum Gasteiger partial charge on any atom is -0.506 e. The Hall–Kier alpha value is -7.85. The monoisotopic (exact) mass is 850 g/mol. The summed E-state index contributed by atoms with van der Waals surface area (Å²) in [5.74, 6) is -3.22. The van der Waals surface area contributed by atoms with Gasteiger partial charge in [-0.3, -0.25) is 14.8 Å². The van der Waals surface area contributed by atoms with Crippen LogP contribution < -0.4 is 5.43 Å². The molecule has 0 unspecified atom stereocenters. The molecule has 2 aromatic heterocycles. The van der Waals surface area contributed by atoms with Crippen molar-refractivity contribution in [3.05, 3.63) is 183 Å². The van der Waals surface area contributed by atoms with E-state index in [2.05, 4.69) is 9.97 Å². The number of halogens is 2. The normalized spacial score (nSPS) is 11.5. The first-order chi connectivity index (χ1) is 30.1. The average molecular weight is 852 g/mol. The van der Waals surface area contributed by atoms with Crippen LogP contribution in [-0.2, 0) is 0 Å². The van der Waals surface area contributed by atoms with Crippen LogP contribution in [0.15, 0.2) is 161 Å². The average Bonchev–Trinajstić information content (AvgIpc) is 3.28. The Morgan fingerprint density at radius 1 is 0.548 bits per heavy atom. The minimum absolute atomic E-state index is 0.00692. The highest BCUT2D eigenvalue weighted by molar-refractivity contribution is 6.41. The second kappa shape index (κ2) is 15.0. The number of fused-ring (bicyclic) bond motifs is 4. The van der Waals surface area contributed by atoms with Crippen molar-refractivity contribution in [3.63, 3.8) is 0 Å². The number of aromatic carboxylic acids is 2. The molecule has 1 aliphatic carbocycles. The van der Waals surface area contributed by atoms with Gasteiger partial charge in [0.15, 0.2) is 5.43 Å². The fraction of sp³-hybridized carbons (Fsp3) is 0. The quantitative estimate of drug-likeness (QED) is 0.133. The molecule has 0 saturated heterocycles. The molecule has 10 rings (SSSR count). The standard InChI is InChI=1S/C51H28Cl2N2O7/c52-37-25-36(50(58)59)45(53)44(41(37)51(60)61)40-34-23-32(30-17-15-26-9-1-3-11-28(26)21-30)46(56)42(38-13-5-7-19-54-38)48(34)62-49-35(40)24-33(47(57)43(49)39-14-6-8-20-55-39)31-18-16-27-10-2-4-12-29(27)22-31/h1-25,56H,(H,58,59)(H,60,61). The maximum Gasteiger partial charge on any atom is 0.337 e. The molecular formula is C51H28Cl2N2O7. The second-order valence-electron chi connectivity index (χ2n) is 14.6. The molecule has 3 heterocycles. The number of carboxylic acids is 2. The number of nitrogens with zero attached hydrogens (tertiary/aromatic N) is 2. The van der Waals surface area contributed by atoms with Crippen LogP contribution in [0.4, 0.5) is 0 Å². The van der Waals surface area contributed by atoms with E-state index in [4.69, 9.17) is 27.6 Å². The third-order valence-corrected chi connectivity index (χ3v) is 11.8. The summed E-state index contributed by atoms with van der Waals surface area (Å²) in [6.07, 6.45) is 3.08. The maximum absolute atomic E-state index is 15.1. The van der Waals surface area contributed by atoms with Crippen LogP contribution in [0, 0.1) is 0 Å². The predicted octanol–water partition coefficient (Wildman–Crippen LogP) is 12.7. The van der Waals surface area contributed by atoms with Gasteiger partial charge in [-0.1, -0.05) is 108 Å². The van der Waals surface area contributed by atoms with Gasteiger partial charge in [0.25, 0.3) is 0 Å². The molecular weight excluding hydrogens is 823 g/mol. The van der Waals surface area contributed by atoms with Crippen LogP contribution >= 0.6 is 23.2 Å². The lowest BCUT2D eigenvalue weighted by Gasteiger charge is -2.24. The number of benzene rings is 7. The van der Waals surface area contributed by atoms with Crippen molar-refractivity contribution >= 4 is 67.7 Å². The number of carboxylic acid groups (broad SMARTS) is 2. The summed E-state index contributed by atoms with van der Waals surface area (Å²) in [6.45, 7) is 0. The molecule has 62 heavy (non-hydrogen) atoms. The topological polar surface area (TPSA) is 151 Å². The highest BCUT2D eigenvalue weighted by Crippen LogP contribution is 2.54. The van der Waals surface area contributed by atoms with Crippen LogP contribution in [0.25, 0.3) is 99.7 Å². The zero-order valence-corrected chi connectivity index (χ0v) is 33.6. The van der Waals surface area contributed by atoms with E-state index in [1.54, 1.807) is 54.7 Å². The summed E-state index contributed by atoms with van der Waals surface area (Å²) in [6, 6.07) is 41.1. The number of rotatable bonds is 7. The molecule has 11 heteroatoms. The number of aromatic hydroxyl groups is 1. The van der Waals surface area contributed by atoms with Gasteiger partial charge in [-0.25, -0.2) is 9.59 Å². The van der Waals surface area contributed by atoms with Crippen LogP contribution in [0.2, 0.25) is 10.0 Å². The van der Waals surface area contributed by atoms with Crippen LogP contribution in [0.1, 0.15) is 20.7 Å². The highest BCUT2D eigenvalue weighted by Gasteiger charge is 2.34. The first kappa shape index (κ1) is 38.4. The summed E-state index contributed by atoms with van der Waals surface area (Å²) in [5, 5.41) is 36.8. The summed E-state index contributed by atoms with van der Waals surface area (Å²) in [7, 11) is 0. The number of aromatic nitrogens is 2. The van der Waals surface area contributed by atoms with E-state index in [-0.39, 0.29) is 67.2 Å². The Kier molecular flexibility index (Phi) is 9.28. The van der Waals surface area contributed by atoms with E-state index >= 15 is 4.79 Å². The summed E-state index contributed by atoms with van der Waals surface area (Å²) < 4.78 is 6.93. The first-order valence-corrected chi connectivity index (χ1v) is 20.0. The van der Waals surface area contributed by atoms with E-state index in [0.29, 0.717) is 16.7 Å². The Balaban J connectivity index is 1.48. The van der Waals surface area contributed by atoms with Gasteiger partial charge in [-0.2, -0.15) is 0 Å². The van der Waals surface area contributed by atoms with Crippen LogP contribution in [0.3, 0.4) is 0 Å². The minimum atomic E-state index is -1.50. The van der Waals surface area contributed by atoms with E-state index < -0.39 is 38.5 Å². The lowest BCUT2D eigenvalue weighted by atomic mass is 9.83. The smallest absolute Gasteiger partial charge is 0.337 e. The Morgan fingerprint density at radius 2 is 1.11 bits per heavy atom. The van der Waals surface area contributed by atoms with Gasteiger partial charge in [0.1, 0.15) is 17.1 Å². The van der Waals surface area contributed by atoms with Gasteiger partial charge in [0, 0.05) is 45.6 Å². The zero-order chi connectivity index (χ0) is 42.8. The number of phenolic OH excluding ortho intramolecular Hbond substituents is 1. The van der Waals surface area contributed by atoms with Crippen molar-refractivity contribution in [2.75, 3.05) is 0 Å². The molecule has 0 spiro atoms. The molecule has 3 N–H and O–H groups in total. The molecule has 0 bridgehead atoms. The van der Waals surface area contributed by atoms with Crippen LogP contribution in [-0.4, -0.2) is 37.2 Å². The maximum atomic E-state index is 15.1.